The van der Waals surface area contributed by atoms with E-state index in [9.17, 15) is 28.3 Å². The molecule has 4 aromatic rings. The van der Waals surface area contributed by atoms with Crippen molar-refractivity contribution in [3.63, 3.8) is 0 Å². The van der Waals surface area contributed by atoms with E-state index in [0.29, 0.717) is 5.13 Å². The molecule has 14 heteroatoms. The topological polar surface area (TPSA) is 133 Å². The van der Waals surface area contributed by atoms with Crippen LogP contribution in [0.25, 0.3) is 0 Å². The lowest BCUT2D eigenvalue weighted by Gasteiger charge is -2.46. The fraction of sp³-hybridized carbons (Fsp3) is 0.156. The summed E-state index contributed by atoms with van der Waals surface area (Å²) in [5, 5.41) is 20.0. The van der Waals surface area contributed by atoms with Gasteiger partial charge in [0, 0.05) is 17.3 Å². The highest BCUT2D eigenvalue weighted by atomic mass is 32.2. The average molecular weight is 662 g/mol. The van der Waals surface area contributed by atoms with E-state index in [0.717, 1.165) is 39.8 Å². The number of rotatable bonds is 11. The third-order valence-corrected chi connectivity index (χ3v) is 9.52. The van der Waals surface area contributed by atoms with Gasteiger partial charge in [-0.1, -0.05) is 96.2 Å². The number of β-lactam (4-membered cyclic amide) rings is 1. The lowest BCUT2D eigenvalue weighted by atomic mass is 9.77. The predicted octanol–water partition coefficient (Wildman–Crippen LogP) is 4.86. The number of nitrogens with one attached hydrogen (secondary N) is 2. The number of aromatic nitrogens is 1. The Labute approximate surface area is 269 Å². The molecule has 3 aromatic carbocycles. The Hall–Kier alpha value is -5.08. The van der Waals surface area contributed by atoms with E-state index in [-0.39, 0.29) is 17.0 Å². The van der Waals surface area contributed by atoms with E-state index < -0.39 is 47.1 Å². The minimum absolute atomic E-state index is 0.0482. The number of amides is 2. The SMILES string of the molecule is O=C(O)C1=CN2C(=O)C(NC(=O)C(=NOC(F)F)c3csc(NC(c4ccccc4)(c4ccccc4)c4ccccc4)n3)[C@H]2SC1. The van der Waals surface area contributed by atoms with Crippen molar-refractivity contribution in [2.75, 3.05) is 11.1 Å². The molecule has 0 saturated carbocycles. The van der Waals surface area contributed by atoms with Gasteiger partial charge >= 0.3 is 12.6 Å². The number of thioether (sulfide) groups is 1. The van der Waals surface area contributed by atoms with Gasteiger partial charge in [-0.15, -0.1) is 23.1 Å². The summed E-state index contributed by atoms with van der Waals surface area (Å²) in [5.41, 5.74) is 1.19. The first-order valence-electron chi connectivity index (χ1n) is 13.9. The highest BCUT2D eigenvalue weighted by Crippen LogP contribution is 2.41. The van der Waals surface area contributed by atoms with E-state index in [4.69, 9.17) is 0 Å². The zero-order chi connectivity index (χ0) is 32.3. The molecule has 1 aromatic heterocycles. The molecule has 1 fully saturated rings. The van der Waals surface area contributed by atoms with Gasteiger partial charge in [-0.05, 0) is 16.7 Å². The van der Waals surface area contributed by atoms with Crippen LogP contribution in [0.1, 0.15) is 22.4 Å². The lowest BCUT2D eigenvalue weighted by Crippen LogP contribution is -2.69. The van der Waals surface area contributed by atoms with Crippen molar-refractivity contribution >= 4 is 51.7 Å². The van der Waals surface area contributed by atoms with Gasteiger partial charge in [-0.2, -0.15) is 8.78 Å². The van der Waals surface area contributed by atoms with Gasteiger partial charge in [-0.3, -0.25) is 9.59 Å². The number of oxime groups is 1. The number of nitrogens with zero attached hydrogens (tertiary/aromatic N) is 3. The number of aliphatic carboxylic acids is 1. The third kappa shape index (κ3) is 5.96. The first-order chi connectivity index (χ1) is 22.3. The number of thiazole rings is 1. The van der Waals surface area contributed by atoms with Crippen molar-refractivity contribution in [1.29, 1.82) is 0 Å². The maximum atomic E-state index is 13.4. The van der Waals surface area contributed by atoms with E-state index in [2.05, 4.69) is 25.6 Å². The summed E-state index contributed by atoms with van der Waals surface area (Å²) in [6.07, 6.45) is 1.24. The molecule has 234 valence electrons. The molecule has 3 heterocycles. The summed E-state index contributed by atoms with van der Waals surface area (Å²) in [7, 11) is 0. The van der Waals surface area contributed by atoms with E-state index in [1.807, 2.05) is 91.0 Å². The quantitative estimate of drug-likeness (QED) is 0.0899. The Morgan fingerprint density at radius 2 is 1.54 bits per heavy atom. The molecule has 6 rings (SSSR count). The summed E-state index contributed by atoms with van der Waals surface area (Å²) in [6.45, 7) is -3.31. The Bertz CT molecular complexity index is 1710. The van der Waals surface area contributed by atoms with Crippen molar-refractivity contribution in [3.05, 3.63) is 131 Å². The van der Waals surface area contributed by atoms with Crippen LogP contribution in [0.15, 0.2) is 113 Å². The molecule has 3 N–H and O–H groups in total. The molecule has 10 nitrogen and oxygen atoms in total. The number of carboxylic acids is 1. The summed E-state index contributed by atoms with van der Waals surface area (Å²) in [6, 6.07) is 28.1. The normalized spacial score (nSPS) is 17.9. The second-order valence-electron chi connectivity index (χ2n) is 10.2. The number of halogens is 2. The molecule has 1 saturated heterocycles. The molecule has 1 unspecified atom stereocenters. The molecule has 2 atom stereocenters. The van der Waals surface area contributed by atoms with Crippen LogP contribution < -0.4 is 10.6 Å². The van der Waals surface area contributed by atoms with Crippen molar-refractivity contribution in [1.82, 2.24) is 15.2 Å². The van der Waals surface area contributed by atoms with Crippen LogP contribution >= 0.6 is 23.1 Å². The second-order valence-corrected chi connectivity index (χ2v) is 12.1. The minimum Gasteiger partial charge on any atom is -0.478 e. The predicted molar refractivity (Wildman–Crippen MR) is 169 cm³/mol. The first kappa shape index (κ1) is 30.9. The van der Waals surface area contributed by atoms with Gasteiger partial charge in [0.1, 0.15) is 22.6 Å². The van der Waals surface area contributed by atoms with Crippen LogP contribution in [0.5, 0.6) is 0 Å². The molecule has 0 aliphatic carbocycles. The van der Waals surface area contributed by atoms with Crippen LogP contribution in [0.2, 0.25) is 0 Å². The molecule has 2 amide bonds. The van der Waals surface area contributed by atoms with E-state index in [1.54, 1.807) is 0 Å². The Morgan fingerprint density at radius 1 is 0.978 bits per heavy atom. The molecular formula is C32H25F2N5O5S2. The Kier molecular flexibility index (Phi) is 8.81. The Morgan fingerprint density at radius 3 is 2.07 bits per heavy atom. The van der Waals surface area contributed by atoms with Gasteiger partial charge in [0.25, 0.3) is 11.8 Å². The van der Waals surface area contributed by atoms with Gasteiger partial charge in [-0.25, -0.2) is 9.78 Å². The van der Waals surface area contributed by atoms with Crippen LogP contribution in [-0.2, 0) is 24.8 Å². The lowest BCUT2D eigenvalue weighted by molar-refractivity contribution is -0.144. The van der Waals surface area contributed by atoms with Gasteiger partial charge in [0.05, 0.1) is 5.57 Å². The zero-order valence-corrected chi connectivity index (χ0v) is 25.4. The molecule has 2 aliphatic heterocycles. The van der Waals surface area contributed by atoms with Crippen molar-refractivity contribution in [2.24, 2.45) is 5.16 Å². The standard InChI is InChI=1S/C32H25F2N5O5S2/c33-30(34)44-38-24(26(40)36-25-27(41)39-16-19(29(42)43)17-45-28(25)39)23-18-46-31(35-23)37-32(20-10-4-1-5-11-20,21-12-6-2-7-13-21)22-14-8-3-9-15-22/h1-16,18,25,28,30H,17H2,(H,35,37)(H,36,40)(H,42,43)/t25?,28-/m1/s1. The van der Waals surface area contributed by atoms with Crippen LogP contribution in [0, 0.1) is 0 Å². The van der Waals surface area contributed by atoms with Gasteiger partial charge < -0.3 is 25.5 Å². The monoisotopic (exact) mass is 661 g/mol. The highest BCUT2D eigenvalue weighted by molar-refractivity contribution is 8.00. The second kappa shape index (κ2) is 13.1. The van der Waals surface area contributed by atoms with Gasteiger partial charge in [0.15, 0.2) is 10.8 Å². The number of alkyl halides is 2. The number of hydrogen-bond donors (Lipinski definition) is 3. The largest absolute Gasteiger partial charge is 0.478 e. The maximum absolute atomic E-state index is 13.4. The number of hydrogen-bond acceptors (Lipinski definition) is 9. The molecule has 46 heavy (non-hydrogen) atoms. The number of benzene rings is 3. The van der Waals surface area contributed by atoms with Crippen LogP contribution in [0.4, 0.5) is 13.9 Å². The molecule has 0 radical (unpaired) electrons. The summed E-state index contributed by atoms with van der Waals surface area (Å²) in [4.78, 5) is 47.4. The van der Waals surface area contributed by atoms with Crippen molar-refractivity contribution in [2.45, 2.75) is 23.6 Å². The first-order valence-corrected chi connectivity index (χ1v) is 15.8. The smallest absolute Gasteiger partial charge is 0.407 e. The third-order valence-electron chi connectivity index (χ3n) is 7.45. The van der Waals surface area contributed by atoms with Crippen LogP contribution in [0.3, 0.4) is 0 Å². The fourth-order valence-electron chi connectivity index (χ4n) is 5.32. The maximum Gasteiger partial charge on any atom is 0.407 e. The molecular weight excluding hydrogens is 637 g/mol. The fourth-order valence-corrected chi connectivity index (χ4v) is 7.32. The Balaban J connectivity index is 1.33. The number of anilines is 1. The summed E-state index contributed by atoms with van der Waals surface area (Å²) >= 11 is 2.29. The minimum atomic E-state index is -3.31. The van der Waals surface area contributed by atoms with Crippen molar-refractivity contribution in [3.8, 4) is 0 Å². The average Bonchev–Trinajstić information content (AvgIpc) is 3.54. The van der Waals surface area contributed by atoms with E-state index in [1.165, 1.54) is 16.5 Å². The summed E-state index contributed by atoms with van der Waals surface area (Å²) in [5.74, 6) is -2.52. The zero-order valence-electron chi connectivity index (χ0n) is 23.7. The molecule has 0 spiro atoms. The summed E-state index contributed by atoms with van der Waals surface area (Å²) < 4.78 is 26.2. The highest BCUT2D eigenvalue weighted by Gasteiger charge is 2.50. The molecule has 0 bridgehead atoms. The number of carbonyl (C=O) groups is 3. The van der Waals surface area contributed by atoms with E-state index >= 15 is 0 Å². The molecule has 2 aliphatic rings. The number of fused-ring (bicyclic) bond motifs is 1. The van der Waals surface area contributed by atoms with Gasteiger partial charge in [0.2, 0.25) is 0 Å². The number of carbonyl (C=O) groups excluding carboxylic acids is 2. The van der Waals surface area contributed by atoms with Crippen LogP contribution in [-0.4, -0.2) is 62.3 Å². The number of carboxylic acid groups (broad SMARTS) is 1. The van der Waals surface area contributed by atoms with Crippen molar-refractivity contribution < 1.29 is 33.1 Å².